The molecule has 5 nitrogen and oxygen atoms in total. The molecule has 4 rings (SSSR count). The van der Waals surface area contributed by atoms with E-state index in [1.807, 2.05) is 23.1 Å². The fraction of sp³-hybridized carbons (Fsp3) is 0.636. The Balaban J connectivity index is 1.49. The predicted molar refractivity (Wildman–Crippen MR) is 105 cm³/mol. The van der Waals surface area contributed by atoms with Gasteiger partial charge in [0.1, 0.15) is 0 Å². The van der Waals surface area contributed by atoms with Gasteiger partial charge < -0.3 is 15.1 Å². The van der Waals surface area contributed by atoms with Crippen molar-refractivity contribution in [3.8, 4) is 0 Å². The lowest BCUT2D eigenvalue weighted by molar-refractivity contribution is -0.142. The van der Waals surface area contributed by atoms with Crippen LogP contribution in [0.25, 0.3) is 0 Å². The number of hydrogen-bond acceptors (Lipinski definition) is 2. The van der Waals surface area contributed by atoms with Crippen LogP contribution in [-0.4, -0.2) is 54.0 Å². The van der Waals surface area contributed by atoms with E-state index in [0.717, 1.165) is 70.3 Å². The predicted octanol–water partition coefficient (Wildman–Crippen LogP) is 3.37. The first-order valence-corrected chi connectivity index (χ1v) is 10.5. The molecule has 1 atom stereocenters. The Morgan fingerprint density at radius 2 is 1.89 bits per heavy atom. The zero-order valence-corrected chi connectivity index (χ0v) is 16.3. The molecule has 1 N–H and O–H groups in total. The van der Waals surface area contributed by atoms with Crippen LogP contribution < -0.4 is 5.32 Å². The van der Waals surface area contributed by atoms with Crippen LogP contribution in [0.3, 0.4) is 0 Å². The number of likely N-dealkylation sites (tertiary alicyclic amines) is 2. The average Bonchev–Trinajstić information content (AvgIpc) is 3.54. The molecule has 1 aliphatic carbocycles. The molecule has 3 aliphatic rings. The molecule has 2 heterocycles. The minimum atomic E-state index is -0.0268. The van der Waals surface area contributed by atoms with Crippen LogP contribution in [0.1, 0.15) is 56.9 Å². The van der Waals surface area contributed by atoms with Gasteiger partial charge in [-0.1, -0.05) is 37.3 Å². The summed E-state index contributed by atoms with van der Waals surface area (Å²) >= 11 is 0. The Hall–Kier alpha value is -2.04. The molecule has 2 aliphatic heterocycles. The maximum Gasteiger partial charge on any atom is 0.317 e. The van der Waals surface area contributed by atoms with Crippen LogP contribution in [0.15, 0.2) is 30.3 Å². The van der Waals surface area contributed by atoms with Crippen LogP contribution in [0.5, 0.6) is 0 Å². The third-order valence-corrected chi connectivity index (χ3v) is 6.55. The number of carbonyl (C=O) groups is 2. The van der Waals surface area contributed by atoms with Crippen molar-refractivity contribution in [1.82, 2.24) is 15.1 Å². The van der Waals surface area contributed by atoms with E-state index in [1.165, 1.54) is 0 Å². The van der Waals surface area contributed by atoms with Gasteiger partial charge in [0.25, 0.3) is 0 Å². The third kappa shape index (κ3) is 3.83. The SMILES string of the molecule is CCCNC(=O)N1CCC2(CC1)CC(c1ccccc1)C(=O)N(C1CC1)C2. The topological polar surface area (TPSA) is 52.7 Å². The van der Waals surface area contributed by atoms with Gasteiger partial charge in [0.15, 0.2) is 0 Å². The molecule has 27 heavy (non-hydrogen) atoms. The lowest BCUT2D eigenvalue weighted by atomic mass is 9.67. The Morgan fingerprint density at radius 3 is 2.52 bits per heavy atom. The molecular formula is C22H31N3O2. The van der Waals surface area contributed by atoms with E-state index in [0.29, 0.717) is 11.9 Å². The number of nitrogens with one attached hydrogen (secondary N) is 1. The molecular weight excluding hydrogens is 338 g/mol. The molecule has 1 aromatic carbocycles. The summed E-state index contributed by atoms with van der Waals surface area (Å²) in [5, 5.41) is 2.99. The Labute approximate surface area is 162 Å². The number of amides is 3. The second-order valence-electron chi connectivity index (χ2n) is 8.58. The van der Waals surface area contributed by atoms with Crippen molar-refractivity contribution in [2.75, 3.05) is 26.2 Å². The van der Waals surface area contributed by atoms with Gasteiger partial charge >= 0.3 is 6.03 Å². The van der Waals surface area contributed by atoms with Gasteiger partial charge in [-0.25, -0.2) is 4.79 Å². The Bertz CT molecular complexity index is 678. The van der Waals surface area contributed by atoms with E-state index in [2.05, 4.69) is 29.3 Å². The first kappa shape index (κ1) is 18.3. The molecule has 2 saturated heterocycles. The maximum absolute atomic E-state index is 13.2. The Kier molecular flexibility index (Phi) is 5.11. The van der Waals surface area contributed by atoms with Crippen molar-refractivity contribution >= 4 is 11.9 Å². The first-order valence-electron chi connectivity index (χ1n) is 10.5. The highest BCUT2D eigenvalue weighted by Gasteiger charge is 2.49. The zero-order valence-electron chi connectivity index (χ0n) is 16.3. The summed E-state index contributed by atoms with van der Waals surface area (Å²) in [6, 6.07) is 10.8. The minimum absolute atomic E-state index is 0.0268. The third-order valence-electron chi connectivity index (χ3n) is 6.55. The summed E-state index contributed by atoms with van der Waals surface area (Å²) in [5.41, 5.74) is 1.30. The second kappa shape index (κ2) is 7.53. The monoisotopic (exact) mass is 369 g/mol. The first-order chi connectivity index (χ1) is 13.1. The van der Waals surface area contributed by atoms with E-state index in [4.69, 9.17) is 0 Å². The lowest BCUT2D eigenvalue weighted by Crippen LogP contribution is -2.56. The van der Waals surface area contributed by atoms with Crippen molar-refractivity contribution in [1.29, 1.82) is 0 Å². The number of benzene rings is 1. The van der Waals surface area contributed by atoms with E-state index in [-0.39, 0.29) is 17.4 Å². The van der Waals surface area contributed by atoms with Crippen molar-refractivity contribution in [3.05, 3.63) is 35.9 Å². The fourth-order valence-electron chi connectivity index (χ4n) is 4.76. The summed E-state index contributed by atoms with van der Waals surface area (Å²) in [6.07, 6.45) is 6.16. The molecule has 5 heteroatoms. The van der Waals surface area contributed by atoms with Crippen molar-refractivity contribution in [2.24, 2.45) is 5.41 Å². The summed E-state index contributed by atoms with van der Waals surface area (Å²) in [5.74, 6) is 0.290. The van der Waals surface area contributed by atoms with Crippen molar-refractivity contribution in [2.45, 2.75) is 57.4 Å². The van der Waals surface area contributed by atoms with Crippen molar-refractivity contribution in [3.63, 3.8) is 0 Å². The zero-order chi connectivity index (χ0) is 18.9. The molecule has 146 valence electrons. The largest absolute Gasteiger partial charge is 0.339 e. The van der Waals surface area contributed by atoms with Gasteiger partial charge in [-0.05, 0) is 49.5 Å². The van der Waals surface area contributed by atoms with Gasteiger partial charge in [-0.2, -0.15) is 0 Å². The fourth-order valence-corrected chi connectivity index (χ4v) is 4.76. The summed E-state index contributed by atoms with van der Waals surface area (Å²) in [7, 11) is 0. The molecule has 1 spiro atoms. The van der Waals surface area contributed by atoms with Crippen LogP contribution in [0, 0.1) is 5.41 Å². The molecule has 0 bridgehead atoms. The number of piperidine rings is 2. The molecule has 1 aromatic rings. The molecule has 3 fully saturated rings. The van der Waals surface area contributed by atoms with Crippen LogP contribution in [0.2, 0.25) is 0 Å². The van der Waals surface area contributed by atoms with E-state index in [9.17, 15) is 9.59 Å². The summed E-state index contributed by atoms with van der Waals surface area (Å²) < 4.78 is 0. The molecule has 1 saturated carbocycles. The highest BCUT2D eigenvalue weighted by atomic mass is 16.2. The highest BCUT2D eigenvalue weighted by Crippen LogP contribution is 2.48. The molecule has 3 amide bonds. The average molecular weight is 370 g/mol. The van der Waals surface area contributed by atoms with E-state index in [1.54, 1.807) is 0 Å². The van der Waals surface area contributed by atoms with Gasteiger partial charge in [0.05, 0.1) is 5.92 Å². The molecule has 0 radical (unpaired) electrons. The normalized spacial score (nSPS) is 24.9. The highest BCUT2D eigenvalue weighted by molar-refractivity contribution is 5.85. The van der Waals surface area contributed by atoms with Gasteiger partial charge in [-0.15, -0.1) is 0 Å². The quantitative estimate of drug-likeness (QED) is 0.885. The van der Waals surface area contributed by atoms with Crippen LogP contribution in [-0.2, 0) is 4.79 Å². The van der Waals surface area contributed by atoms with Crippen LogP contribution in [0.4, 0.5) is 4.79 Å². The van der Waals surface area contributed by atoms with Gasteiger partial charge in [0.2, 0.25) is 5.91 Å². The van der Waals surface area contributed by atoms with Gasteiger partial charge in [-0.3, -0.25) is 4.79 Å². The van der Waals surface area contributed by atoms with E-state index >= 15 is 0 Å². The number of hydrogen-bond donors (Lipinski definition) is 1. The van der Waals surface area contributed by atoms with Gasteiger partial charge in [0, 0.05) is 32.2 Å². The number of urea groups is 1. The summed E-state index contributed by atoms with van der Waals surface area (Å²) in [6.45, 7) is 5.28. The number of nitrogens with zero attached hydrogens (tertiary/aromatic N) is 2. The Morgan fingerprint density at radius 1 is 1.19 bits per heavy atom. The minimum Gasteiger partial charge on any atom is -0.339 e. The number of carbonyl (C=O) groups excluding carboxylic acids is 2. The lowest BCUT2D eigenvalue weighted by Gasteiger charge is -2.50. The smallest absolute Gasteiger partial charge is 0.317 e. The molecule has 0 aromatic heterocycles. The second-order valence-corrected chi connectivity index (χ2v) is 8.58. The molecule has 1 unspecified atom stereocenters. The standard InChI is InChI=1S/C22H31N3O2/c1-2-12-23-21(27)24-13-10-22(11-14-24)15-19(17-6-4-3-5-7-17)20(26)25(16-22)18-8-9-18/h3-7,18-19H,2,8-16H2,1H3,(H,23,27). The maximum atomic E-state index is 13.2. The number of rotatable bonds is 4. The summed E-state index contributed by atoms with van der Waals surface area (Å²) in [4.78, 5) is 29.6. The van der Waals surface area contributed by atoms with Crippen molar-refractivity contribution < 1.29 is 9.59 Å². The van der Waals surface area contributed by atoms with E-state index < -0.39 is 0 Å². The van der Waals surface area contributed by atoms with Crippen LogP contribution >= 0.6 is 0 Å².